The Morgan fingerprint density at radius 1 is 1.22 bits per heavy atom. The number of ether oxygens (including phenoxy) is 1. The van der Waals surface area contributed by atoms with E-state index in [0.717, 1.165) is 11.7 Å². The lowest BCUT2D eigenvalue weighted by Gasteiger charge is -2.23. The number of piperidine rings is 1. The molecule has 0 spiro atoms. The molecular formula is C16H25NO. The van der Waals surface area contributed by atoms with Crippen molar-refractivity contribution in [2.45, 2.75) is 39.0 Å². The van der Waals surface area contributed by atoms with Crippen molar-refractivity contribution in [1.82, 2.24) is 5.32 Å². The predicted molar refractivity (Wildman–Crippen MR) is 76.4 cm³/mol. The van der Waals surface area contributed by atoms with Crippen LogP contribution in [0.3, 0.4) is 0 Å². The van der Waals surface area contributed by atoms with E-state index in [4.69, 9.17) is 4.74 Å². The van der Waals surface area contributed by atoms with Gasteiger partial charge in [0.25, 0.3) is 0 Å². The third-order valence-electron chi connectivity index (χ3n) is 3.87. The Hall–Kier alpha value is -1.02. The number of hydrogen-bond acceptors (Lipinski definition) is 2. The van der Waals surface area contributed by atoms with Gasteiger partial charge in [0.05, 0.1) is 7.11 Å². The van der Waals surface area contributed by atoms with E-state index in [2.05, 4.69) is 37.4 Å². The molecule has 1 aliphatic rings. The van der Waals surface area contributed by atoms with Crippen molar-refractivity contribution < 1.29 is 4.74 Å². The van der Waals surface area contributed by atoms with Gasteiger partial charge in [-0.05, 0) is 67.4 Å². The molecular weight excluding hydrogens is 222 g/mol. The molecule has 1 heterocycles. The maximum atomic E-state index is 5.42. The van der Waals surface area contributed by atoms with Crippen LogP contribution in [0.5, 0.6) is 5.75 Å². The number of rotatable bonds is 4. The van der Waals surface area contributed by atoms with Crippen molar-refractivity contribution in [3.05, 3.63) is 29.3 Å². The highest BCUT2D eigenvalue weighted by molar-refractivity contribution is 5.36. The molecule has 0 radical (unpaired) electrons. The Bertz CT molecular complexity index is 381. The van der Waals surface area contributed by atoms with E-state index in [1.165, 1.54) is 43.5 Å². The van der Waals surface area contributed by atoms with Crippen molar-refractivity contribution >= 4 is 0 Å². The highest BCUT2D eigenvalue weighted by Crippen LogP contribution is 2.26. The molecule has 0 saturated carbocycles. The van der Waals surface area contributed by atoms with E-state index in [0.29, 0.717) is 5.92 Å². The standard InChI is InChI=1S/C16H25NO/c1-12(2)15-9-14(10-16(11-15)18-3)8-13-4-6-17-7-5-13/h9-13,17H,4-8H2,1-3H3. The summed E-state index contributed by atoms with van der Waals surface area (Å²) in [5, 5.41) is 3.43. The topological polar surface area (TPSA) is 21.3 Å². The second-order valence-corrected chi connectivity index (χ2v) is 5.67. The van der Waals surface area contributed by atoms with Gasteiger partial charge in [-0.3, -0.25) is 0 Å². The summed E-state index contributed by atoms with van der Waals surface area (Å²) in [6.07, 6.45) is 3.79. The minimum absolute atomic E-state index is 0.562. The van der Waals surface area contributed by atoms with Gasteiger partial charge in [0.1, 0.15) is 5.75 Å². The minimum Gasteiger partial charge on any atom is -0.497 e. The number of methoxy groups -OCH3 is 1. The summed E-state index contributed by atoms with van der Waals surface area (Å²) in [4.78, 5) is 0. The Balaban J connectivity index is 2.12. The SMILES string of the molecule is COc1cc(CC2CCNCC2)cc(C(C)C)c1. The van der Waals surface area contributed by atoms with E-state index in [1.807, 2.05) is 0 Å². The van der Waals surface area contributed by atoms with Crippen LogP contribution in [0.2, 0.25) is 0 Å². The van der Waals surface area contributed by atoms with E-state index in [9.17, 15) is 0 Å². The molecule has 0 unspecified atom stereocenters. The second kappa shape index (κ2) is 6.24. The number of nitrogens with one attached hydrogen (secondary N) is 1. The van der Waals surface area contributed by atoms with Gasteiger partial charge in [0.2, 0.25) is 0 Å². The third-order valence-corrected chi connectivity index (χ3v) is 3.87. The summed E-state index contributed by atoms with van der Waals surface area (Å²) in [5.74, 6) is 2.40. The molecule has 1 aromatic rings. The molecule has 18 heavy (non-hydrogen) atoms. The fraction of sp³-hybridized carbons (Fsp3) is 0.625. The maximum Gasteiger partial charge on any atom is 0.119 e. The molecule has 1 saturated heterocycles. The monoisotopic (exact) mass is 247 g/mol. The first-order valence-electron chi connectivity index (χ1n) is 7.07. The average Bonchev–Trinajstić information content (AvgIpc) is 2.39. The lowest BCUT2D eigenvalue weighted by atomic mass is 9.89. The van der Waals surface area contributed by atoms with Gasteiger partial charge < -0.3 is 10.1 Å². The highest BCUT2D eigenvalue weighted by Gasteiger charge is 2.14. The Kier molecular flexibility index (Phi) is 4.65. The van der Waals surface area contributed by atoms with Crippen LogP contribution >= 0.6 is 0 Å². The lowest BCUT2D eigenvalue weighted by Crippen LogP contribution is -2.28. The summed E-state index contributed by atoms with van der Waals surface area (Å²) < 4.78 is 5.42. The number of benzene rings is 1. The molecule has 0 atom stereocenters. The van der Waals surface area contributed by atoms with Crippen LogP contribution in [-0.2, 0) is 6.42 Å². The van der Waals surface area contributed by atoms with Crippen molar-refractivity contribution in [1.29, 1.82) is 0 Å². The first kappa shape index (κ1) is 13.4. The molecule has 1 fully saturated rings. The molecule has 1 aromatic carbocycles. The molecule has 1 N–H and O–H groups in total. The molecule has 0 aromatic heterocycles. The molecule has 0 bridgehead atoms. The fourth-order valence-corrected chi connectivity index (χ4v) is 2.67. The summed E-state index contributed by atoms with van der Waals surface area (Å²) >= 11 is 0. The van der Waals surface area contributed by atoms with Gasteiger partial charge in [-0.25, -0.2) is 0 Å². The van der Waals surface area contributed by atoms with Crippen molar-refractivity contribution in [3.8, 4) is 5.75 Å². The Morgan fingerprint density at radius 2 is 1.94 bits per heavy atom. The quantitative estimate of drug-likeness (QED) is 0.881. The van der Waals surface area contributed by atoms with Crippen LogP contribution in [-0.4, -0.2) is 20.2 Å². The van der Waals surface area contributed by atoms with Gasteiger partial charge in [-0.1, -0.05) is 19.9 Å². The van der Waals surface area contributed by atoms with Crippen LogP contribution in [0, 0.1) is 5.92 Å². The van der Waals surface area contributed by atoms with E-state index in [1.54, 1.807) is 7.11 Å². The molecule has 100 valence electrons. The maximum absolute atomic E-state index is 5.42. The Labute approximate surface area is 111 Å². The normalized spacial score (nSPS) is 17.1. The average molecular weight is 247 g/mol. The van der Waals surface area contributed by atoms with Crippen molar-refractivity contribution in [2.24, 2.45) is 5.92 Å². The van der Waals surface area contributed by atoms with Crippen LogP contribution in [0.15, 0.2) is 18.2 Å². The summed E-state index contributed by atoms with van der Waals surface area (Å²) in [6, 6.07) is 6.72. The van der Waals surface area contributed by atoms with Gasteiger partial charge in [0.15, 0.2) is 0 Å². The summed E-state index contributed by atoms with van der Waals surface area (Å²) in [5.41, 5.74) is 2.82. The summed E-state index contributed by atoms with van der Waals surface area (Å²) in [6.45, 7) is 6.82. The van der Waals surface area contributed by atoms with Crippen molar-refractivity contribution in [3.63, 3.8) is 0 Å². The number of hydrogen-bond donors (Lipinski definition) is 1. The van der Waals surface area contributed by atoms with Gasteiger partial charge in [-0.2, -0.15) is 0 Å². The van der Waals surface area contributed by atoms with E-state index in [-0.39, 0.29) is 0 Å². The molecule has 2 rings (SSSR count). The van der Waals surface area contributed by atoms with Crippen LogP contribution in [0.1, 0.15) is 43.7 Å². The zero-order chi connectivity index (χ0) is 13.0. The van der Waals surface area contributed by atoms with Gasteiger partial charge in [0, 0.05) is 0 Å². The smallest absolute Gasteiger partial charge is 0.119 e. The lowest BCUT2D eigenvalue weighted by molar-refractivity contribution is 0.371. The van der Waals surface area contributed by atoms with Crippen LogP contribution in [0.25, 0.3) is 0 Å². The fourth-order valence-electron chi connectivity index (χ4n) is 2.67. The predicted octanol–water partition coefficient (Wildman–Crippen LogP) is 3.36. The molecule has 1 aliphatic heterocycles. The van der Waals surface area contributed by atoms with Crippen LogP contribution in [0.4, 0.5) is 0 Å². The summed E-state index contributed by atoms with van der Waals surface area (Å²) in [7, 11) is 1.76. The molecule has 2 heteroatoms. The van der Waals surface area contributed by atoms with E-state index >= 15 is 0 Å². The van der Waals surface area contributed by atoms with Gasteiger partial charge in [-0.15, -0.1) is 0 Å². The first-order chi connectivity index (χ1) is 8.69. The van der Waals surface area contributed by atoms with Gasteiger partial charge >= 0.3 is 0 Å². The Morgan fingerprint density at radius 3 is 2.56 bits per heavy atom. The largest absolute Gasteiger partial charge is 0.497 e. The second-order valence-electron chi connectivity index (χ2n) is 5.67. The molecule has 0 amide bonds. The molecule has 0 aliphatic carbocycles. The zero-order valence-electron chi connectivity index (χ0n) is 11.8. The van der Waals surface area contributed by atoms with E-state index < -0.39 is 0 Å². The highest BCUT2D eigenvalue weighted by atomic mass is 16.5. The zero-order valence-corrected chi connectivity index (χ0v) is 11.8. The van der Waals surface area contributed by atoms with Crippen molar-refractivity contribution in [2.75, 3.05) is 20.2 Å². The minimum atomic E-state index is 0.562. The first-order valence-corrected chi connectivity index (χ1v) is 7.07. The van der Waals surface area contributed by atoms with Crippen LogP contribution < -0.4 is 10.1 Å². The third kappa shape index (κ3) is 3.49. The molecule has 2 nitrogen and oxygen atoms in total.